The van der Waals surface area contributed by atoms with E-state index in [0.29, 0.717) is 12.3 Å². The van der Waals surface area contributed by atoms with Gasteiger partial charge in [-0.3, -0.25) is 4.79 Å². The number of aromatic nitrogens is 3. The molecule has 0 aliphatic heterocycles. The first kappa shape index (κ1) is 17.8. The molecule has 1 aliphatic rings. The number of anilines is 1. The summed E-state index contributed by atoms with van der Waals surface area (Å²) in [7, 11) is 0. The Balaban J connectivity index is 1.73. The van der Waals surface area contributed by atoms with Crippen molar-refractivity contribution >= 4 is 22.6 Å². The molecule has 0 bridgehead atoms. The lowest BCUT2D eigenvalue weighted by molar-refractivity contribution is -0.116. The SMILES string of the molecule is CCCCCC(=O)Nc1cc(-c2c(C)noc2C)cc2[nH]c(C3CC3)nc12. The molecule has 1 saturated carbocycles. The summed E-state index contributed by atoms with van der Waals surface area (Å²) in [6.07, 6.45) is 5.96. The monoisotopic (exact) mass is 366 g/mol. The van der Waals surface area contributed by atoms with Crippen LogP contribution in [0.3, 0.4) is 0 Å². The van der Waals surface area contributed by atoms with Crippen LogP contribution in [0.25, 0.3) is 22.2 Å². The third-order valence-corrected chi connectivity index (χ3v) is 5.17. The maximum Gasteiger partial charge on any atom is 0.224 e. The van der Waals surface area contributed by atoms with E-state index in [9.17, 15) is 4.79 Å². The smallest absolute Gasteiger partial charge is 0.224 e. The largest absolute Gasteiger partial charge is 0.361 e. The molecule has 0 unspecified atom stereocenters. The Morgan fingerprint density at radius 1 is 1.30 bits per heavy atom. The molecule has 6 nitrogen and oxygen atoms in total. The molecule has 2 aromatic heterocycles. The number of hydrogen-bond donors (Lipinski definition) is 2. The van der Waals surface area contributed by atoms with Gasteiger partial charge in [0, 0.05) is 17.9 Å². The Labute approximate surface area is 158 Å². The number of fused-ring (bicyclic) bond motifs is 1. The molecule has 1 fully saturated rings. The second kappa shape index (κ2) is 7.18. The molecule has 1 aliphatic carbocycles. The first-order valence-electron chi connectivity index (χ1n) is 9.83. The lowest BCUT2D eigenvalue weighted by atomic mass is 10.0. The number of H-pyrrole nitrogens is 1. The Kier molecular flexibility index (Phi) is 4.72. The van der Waals surface area contributed by atoms with Crippen LogP contribution in [0.4, 0.5) is 5.69 Å². The normalized spacial score (nSPS) is 14.0. The molecule has 0 atom stereocenters. The number of aromatic amines is 1. The third-order valence-electron chi connectivity index (χ3n) is 5.17. The van der Waals surface area contributed by atoms with Crippen LogP contribution in [0.5, 0.6) is 0 Å². The van der Waals surface area contributed by atoms with Crippen molar-refractivity contribution in [2.24, 2.45) is 0 Å². The van der Waals surface area contributed by atoms with Crippen molar-refractivity contribution in [2.45, 2.75) is 65.2 Å². The average Bonchev–Trinajstić information content (AvgIpc) is 3.31. The molecular weight excluding hydrogens is 340 g/mol. The van der Waals surface area contributed by atoms with E-state index < -0.39 is 0 Å². The zero-order valence-corrected chi connectivity index (χ0v) is 16.2. The molecule has 4 rings (SSSR count). The molecule has 1 amide bonds. The van der Waals surface area contributed by atoms with E-state index in [-0.39, 0.29) is 5.91 Å². The number of hydrogen-bond acceptors (Lipinski definition) is 4. The van der Waals surface area contributed by atoms with E-state index in [1.54, 1.807) is 0 Å². The number of rotatable bonds is 7. The van der Waals surface area contributed by atoms with Gasteiger partial charge in [-0.05, 0) is 50.8 Å². The predicted octanol–water partition coefficient (Wildman–Crippen LogP) is 5.23. The predicted molar refractivity (Wildman–Crippen MR) is 106 cm³/mol. The van der Waals surface area contributed by atoms with Gasteiger partial charge < -0.3 is 14.8 Å². The molecule has 1 aromatic carbocycles. The number of benzene rings is 1. The van der Waals surface area contributed by atoms with Crippen molar-refractivity contribution in [3.8, 4) is 11.1 Å². The summed E-state index contributed by atoms with van der Waals surface area (Å²) in [6.45, 7) is 5.98. The maximum absolute atomic E-state index is 12.4. The maximum atomic E-state index is 12.4. The quantitative estimate of drug-likeness (QED) is 0.561. The van der Waals surface area contributed by atoms with Crippen LogP contribution in [0, 0.1) is 13.8 Å². The fourth-order valence-corrected chi connectivity index (χ4v) is 3.57. The molecule has 2 heterocycles. The number of aryl methyl sites for hydroxylation is 2. The van der Waals surface area contributed by atoms with Gasteiger partial charge >= 0.3 is 0 Å². The van der Waals surface area contributed by atoms with E-state index >= 15 is 0 Å². The lowest BCUT2D eigenvalue weighted by Crippen LogP contribution is -2.11. The van der Waals surface area contributed by atoms with Crippen LogP contribution in [0.15, 0.2) is 16.7 Å². The van der Waals surface area contributed by atoms with Crippen LogP contribution in [0.1, 0.15) is 68.6 Å². The highest BCUT2D eigenvalue weighted by molar-refractivity contribution is 6.02. The van der Waals surface area contributed by atoms with Gasteiger partial charge in [-0.25, -0.2) is 4.98 Å². The van der Waals surface area contributed by atoms with Crippen molar-refractivity contribution in [1.82, 2.24) is 15.1 Å². The number of unbranched alkanes of at least 4 members (excludes halogenated alkanes) is 2. The average molecular weight is 366 g/mol. The van der Waals surface area contributed by atoms with Crippen LogP contribution in [-0.4, -0.2) is 21.0 Å². The third kappa shape index (κ3) is 3.61. The molecule has 6 heteroatoms. The Morgan fingerprint density at radius 3 is 2.78 bits per heavy atom. The topological polar surface area (TPSA) is 83.8 Å². The number of amides is 1. The van der Waals surface area contributed by atoms with Gasteiger partial charge in [0.25, 0.3) is 0 Å². The molecule has 0 spiro atoms. The molecule has 3 aromatic rings. The van der Waals surface area contributed by atoms with Gasteiger partial charge in [0.05, 0.1) is 16.9 Å². The Bertz CT molecular complexity index is 962. The summed E-state index contributed by atoms with van der Waals surface area (Å²) in [4.78, 5) is 20.7. The second-order valence-corrected chi connectivity index (χ2v) is 7.52. The summed E-state index contributed by atoms with van der Waals surface area (Å²) < 4.78 is 5.34. The zero-order valence-electron chi connectivity index (χ0n) is 16.2. The minimum Gasteiger partial charge on any atom is -0.361 e. The second-order valence-electron chi connectivity index (χ2n) is 7.52. The van der Waals surface area contributed by atoms with Gasteiger partial charge in [-0.15, -0.1) is 0 Å². The first-order chi connectivity index (χ1) is 13.1. The number of nitrogens with zero attached hydrogens (tertiary/aromatic N) is 2. The number of nitrogens with one attached hydrogen (secondary N) is 2. The van der Waals surface area contributed by atoms with Crippen molar-refractivity contribution < 1.29 is 9.32 Å². The fraction of sp³-hybridized carbons (Fsp3) is 0.476. The summed E-state index contributed by atoms with van der Waals surface area (Å²) in [6, 6.07) is 4.07. The highest BCUT2D eigenvalue weighted by Crippen LogP contribution is 2.41. The highest BCUT2D eigenvalue weighted by atomic mass is 16.5. The standard InChI is InChI=1S/C21H26N4O2/c1-4-5-6-7-18(26)22-16-10-15(19-12(2)25-27-13(19)3)11-17-20(16)24-21(23-17)14-8-9-14/h10-11,14H,4-9H2,1-3H3,(H,22,26)(H,23,24). The van der Waals surface area contributed by atoms with Crippen molar-refractivity contribution in [1.29, 1.82) is 0 Å². The van der Waals surface area contributed by atoms with E-state index in [4.69, 9.17) is 9.51 Å². The van der Waals surface area contributed by atoms with E-state index in [2.05, 4.69) is 28.4 Å². The summed E-state index contributed by atoms with van der Waals surface area (Å²) in [5, 5.41) is 7.15. The summed E-state index contributed by atoms with van der Waals surface area (Å²) in [5.41, 5.74) is 5.32. The summed E-state index contributed by atoms with van der Waals surface area (Å²) in [5.74, 6) is 2.35. The van der Waals surface area contributed by atoms with E-state index in [1.165, 1.54) is 12.8 Å². The Morgan fingerprint density at radius 2 is 2.11 bits per heavy atom. The van der Waals surface area contributed by atoms with E-state index in [1.807, 2.05) is 19.9 Å². The van der Waals surface area contributed by atoms with E-state index in [0.717, 1.165) is 64.4 Å². The Hall–Kier alpha value is -2.63. The molecule has 142 valence electrons. The fourth-order valence-electron chi connectivity index (χ4n) is 3.57. The zero-order chi connectivity index (χ0) is 19.0. The number of carbonyl (C=O) groups excluding carboxylic acids is 1. The van der Waals surface area contributed by atoms with Crippen LogP contribution in [-0.2, 0) is 4.79 Å². The van der Waals surface area contributed by atoms with Gasteiger partial charge in [0.15, 0.2) is 0 Å². The van der Waals surface area contributed by atoms with Gasteiger partial charge in [0.1, 0.15) is 17.1 Å². The number of carbonyl (C=O) groups is 1. The highest BCUT2D eigenvalue weighted by Gasteiger charge is 2.27. The molecule has 2 N–H and O–H groups in total. The molecule has 0 radical (unpaired) electrons. The first-order valence-corrected chi connectivity index (χ1v) is 9.83. The van der Waals surface area contributed by atoms with Gasteiger partial charge in [-0.2, -0.15) is 0 Å². The van der Waals surface area contributed by atoms with Crippen LogP contribution in [0.2, 0.25) is 0 Å². The van der Waals surface area contributed by atoms with Crippen molar-refractivity contribution in [3.05, 3.63) is 29.4 Å². The minimum atomic E-state index is 0.0386. The van der Waals surface area contributed by atoms with Crippen molar-refractivity contribution in [3.63, 3.8) is 0 Å². The molecule has 27 heavy (non-hydrogen) atoms. The van der Waals surface area contributed by atoms with Gasteiger partial charge in [-0.1, -0.05) is 24.9 Å². The lowest BCUT2D eigenvalue weighted by Gasteiger charge is -2.09. The van der Waals surface area contributed by atoms with Crippen LogP contribution >= 0.6 is 0 Å². The molecule has 0 saturated heterocycles. The van der Waals surface area contributed by atoms with Gasteiger partial charge in [0.2, 0.25) is 5.91 Å². The minimum absolute atomic E-state index is 0.0386. The van der Waals surface area contributed by atoms with Crippen molar-refractivity contribution in [2.75, 3.05) is 5.32 Å². The summed E-state index contributed by atoms with van der Waals surface area (Å²) >= 11 is 0. The van der Waals surface area contributed by atoms with Crippen LogP contribution < -0.4 is 5.32 Å². The number of imidazole rings is 1. The molecular formula is C21H26N4O2.